The van der Waals surface area contributed by atoms with Crippen LogP contribution in [0.3, 0.4) is 0 Å². The molecule has 210 valence electrons. The number of hydrogen-bond acceptors (Lipinski definition) is 8. The van der Waals surface area contributed by atoms with Gasteiger partial charge in [-0.05, 0) is 42.8 Å². The highest BCUT2D eigenvalue weighted by Gasteiger charge is 2.19. The molecule has 0 unspecified atom stereocenters. The number of rotatable bonds is 9. The lowest BCUT2D eigenvalue weighted by molar-refractivity contribution is 0.333. The molecule has 6 aromatic rings. The minimum Gasteiger partial charge on any atom is -0.591 e. The molecule has 0 aliphatic heterocycles. The van der Waals surface area contributed by atoms with Crippen molar-refractivity contribution in [3.63, 3.8) is 0 Å². The van der Waals surface area contributed by atoms with Crippen LogP contribution in [0.4, 0.5) is 29.0 Å². The van der Waals surface area contributed by atoms with E-state index in [0.29, 0.717) is 35.6 Å². The molecule has 0 spiro atoms. The van der Waals surface area contributed by atoms with E-state index in [9.17, 15) is 0 Å². The molecule has 42 heavy (non-hydrogen) atoms. The summed E-state index contributed by atoms with van der Waals surface area (Å²) in [5, 5.41) is 17.1. The smallest absolute Gasteiger partial charge is 0.302 e. The van der Waals surface area contributed by atoms with Gasteiger partial charge in [-0.15, -0.1) is 0 Å². The first-order chi connectivity index (χ1) is 20.5. The van der Waals surface area contributed by atoms with Crippen LogP contribution in [0.2, 0.25) is 0 Å². The topological polar surface area (TPSA) is 113 Å². The van der Waals surface area contributed by atoms with Crippen LogP contribution < -0.4 is 19.7 Å². The molecule has 3 N–H and O–H groups in total. The number of hydrogen-bond donors (Lipinski definition) is 1. The Hall–Kier alpha value is -5.64. The van der Waals surface area contributed by atoms with Gasteiger partial charge in [0.2, 0.25) is 11.9 Å². The molecule has 2 heterocycles. The van der Waals surface area contributed by atoms with E-state index < -0.39 is 0 Å². The van der Waals surface area contributed by atoms with Crippen molar-refractivity contribution in [2.75, 3.05) is 24.4 Å². The standard InChI is InChI=1S/C32H29N7O3/c1-21-9-11-25(12-10-21)39(26-13-14-27-23(15-26)18-35-38(27)19-22-7-5-4-6-8-22)32-34-20-33-31(37-32)36-24-16-28(40)30(42-3)29(17-24)41-2/h4-18,20,40H,19H2,1-3H3,(H,33,34,36,37)/p+1. The highest BCUT2D eigenvalue weighted by atomic mass is 16.5. The third-order valence-corrected chi connectivity index (χ3v) is 6.85. The number of aromatic nitrogens is 5. The van der Waals surface area contributed by atoms with Crippen molar-refractivity contribution in [2.45, 2.75) is 13.5 Å². The highest BCUT2D eigenvalue weighted by Crippen LogP contribution is 2.40. The zero-order valence-corrected chi connectivity index (χ0v) is 23.4. The molecule has 0 bridgehead atoms. The van der Waals surface area contributed by atoms with Gasteiger partial charge in [0.05, 0.1) is 44.2 Å². The third kappa shape index (κ3) is 5.37. The van der Waals surface area contributed by atoms with Crippen molar-refractivity contribution in [3.8, 4) is 17.2 Å². The van der Waals surface area contributed by atoms with E-state index in [1.54, 1.807) is 12.1 Å². The first kappa shape index (κ1) is 26.6. The average Bonchev–Trinajstić information content (AvgIpc) is 3.40. The zero-order chi connectivity index (χ0) is 29.1. The predicted molar refractivity (Wildman–Crippen MR) is 164 cm³/mol. The number of anilines is 5. The van der Waals surface area contributed by atoms with E-state index in [1.807, 2.05) is 52.2 Å². The molecule has 0 aliphatic carbocycles. The summed E-state index contributed by atoms with van der Waals surface area (Å²) in [7, 11) is 3.04. The quantitative estimate of drug-likeness (QED) is 0.207. The number of aryl methyl sites for hydroxylation is 1. The lowest BCUT2D eigenvalue weighted by Crippen LogP contribution is -2.14. The Bertz CT molecular complexity index is 1840. The normalized spacial score (nSPS) is 10.9. The largest absolute Gasteiger partial charge is 0.591 e. The summed E-state index contributed by atoms with van der Waals surface area (Å²) < 4.78 is 12.7. The van der Waals surface area contributed by atoms with Crippen LogP contribution in [0.25, 0.3) is 10.9 Å². The molecule has 0 radical (unpaired) electrons. The molecular weight excluding hydrogens is 530 g/mol. The number of benzene rings is 4. The molecule has 6 rings (SSSR count). The monoisotopic (exact) mass is 560 g/mol. The highest BCUT2D eigenvalue weighted by molar-refractivity contribution is 5.86. The first-order valence-electron chi connectivity index (χ1n) is 13.3. The maximum atomic E-state index is 8.29. The van der Waals surface area contributed by atoms with Gasteiger partial charge >= 0.3 is 5.75 Å². The Kier molecular flexibility index (Phi) is 7.25. The van der Waals surface area contributed by atoms with Gasteiger partial charge in [-0.1, -0.05) is 48.0 Å². The number of fused-ring (bicyclic) bond motifs is 1. The molecule has 0 atom stereocenters. The molecule has 2 aromatic heterocycles. The third-order valence-electron chi connectivity index (χ3n) is 6.85. The van der Waals surface area contributed by atoms with E-state index in [0.717, 1.165) is 27.8 Å². The predicted octanol–water partition coefficient (Wildman–Crippen LogP) is 6.25. The molecule has 10 nitrogen and oxygen atoms in total. The van der Waals surface area contributed by atoms with Gasteiger partial charge in [0.1, 0.15) is 6.33 Å². The van der Waals surface area contributed by atoms with Crippen LogP contribution >= 0.6 is 0 Å². The molecule has 0 amide bonds. The fourth-order valence-corrected chi connectivity index (χ4v) is 4.79. The van der Waals surface area contributed by atoms with Gasteiger partial charge < -0.3 is 19.9 Å². The maximum absolute atomic E-state index is 8.29. The van der Waals surface area contributed by atoms with E-state index >= 15 is 0 Å². The first-order valence-corrected chi connectivity index (χ1v) is 13.3. The zero-order valence-electron chi connectivity index (χ0n) is 23.4. The lowest BCUT2D eigenvalue weighted by atomic mass is 10.1. The molecule has 0 saturated carbocycles. The number of nitrogens with zero attached hydrogens (tertiary/aromatic N) is 6. The van der Waals surface area contributed by atoms with Crippen molar-refractivity contribution in [2.24, 2.45) is 0 Å². The maximum Gasteiger partial charge on any atom is 0.302 e. The summed E-state index contributed by atoms with van der Waals surface area (Å²) in [5.41, 5.74) is 5.72. The Morgan fingerprint density at radius 1 is 0.881 bits per heavy atom. The summed E-state index contributed by atoms with van der Waals surface area (Å²) in [6, 6.07) is 28.0. The second-order valence-corrected chi connectivity index (χ2v) is 9.70. The van der Waals surface area contributed by atoms with Gasteiger partial charge in [-0.2, -0.15) is 10.1 Å². The van der Waals surface area contributed by atoms with Gasteiger partial charge in [0, 0.05) is 22.8 Å². The van der Waals surface area contributed by atoms with Crippen LogP contribution in [-0.4, -0.2) is 44.1 Å². The van der Waals surface area contributed by atoms with E-state index in [-0.39, 0.29) is 5.75 Å². The van der Waals surface area contributed by atoms with Crippen molar-refractivity contribution < 1.29 is 14.6 Å². The number of methoxy groups -OCH3 is 2. The van der Waals surface area contributed by atoms with Crippen LogP contribution in [0.5, 0.6) is 17.2 Å². The Morgan fingerprint density at radius 3 is 2.43 bits per heavy atom. The van der Waals surface area contributed by atoms with E-state index in [2.05, 4.69) is 63.7 Å². The summed E-state index contributed by atoms with van der Waals surface area (Å²) in [6.07, 6.45) is 3.34. The summed E-state index contributed by atoms with van der Waals surface area (Å²) in [6.45, 7) is 2.74. The fourth-order valence-electron chi connectivity index (χ4n) is 4.79. The molecule has 10 heteroatoms. The molecule has 0 saturated heterocycles. The van der Waals surface area contributed by atoms with Crippen molar-refractivity contribution in [1.82, 2.24) is 24.7 Å². The van der Waals surface area contributed by atoms with Crippen LogP contribution in [0.1, 0.15) is 11.1 Å². The average molecular weight is 561 g/mol. The van der Waals surface area contributed by atoms with Crippen molar-refractivity contribution in [1.29, 1.82) is 0 Å². The molecular formula is C32H30N7O3+. The van der Waals surface area contributed by atoms with Gasteiger partial charge in [0.15, 0.2) is 5.75 Å². The molecule has 4 aromatic carbocycles. The molecule has 0 fully saturated rings. The Balaban J connectivity index is 1.37. The van der Waals surface area contributed by atoms with Gasteiger partial charge in [0.25, 0.3) is 5.75 Å². The molecule has 0 aliphatic rings. The van der Waals surface area contributed by atoms with Crippen molar-refractivity contribution in [3.05, 3.63) is 109 Å². The van der Waals surface area contributed by atoms with E-state index in [4.69, 9.17) is 19.6 Å². The van der Waals surface area contributed by atoms with Gasteiger partial charge in [-0.3, -0.25) is 9.58 Å². The minimum absolute atomic E-state index is 0.177. The van der Waals surface area contributed by atoms with Crippen LogP contribution in [0, 0.1) is 6.92 Å². The van der Waals surface area contributed by atoms with Crippen LogP contribution in [-0.2, 0) is 6.54 Å². The Morgan fingerprint density at radius 2 is 1.67 bits per heavy atom. The number of nitrogens with one attached hydrogen (secondary N) is 1. The summed E-state index contributed by atoms with van der Waals surface area (Å²) in [5.74, 6) is 1.71. The second-order valence-electron chi connectivity index (χ2n) is 9.70. The SMILES string of the molecule is COc1cc(Nc2ncnc(N(c3ccc(C)cc3)c3ccc4c(cnn4Cc4ccccc4)c3)n2)cc([OH2+])c1OC. The number of ether oxygens (including phenoxy) is 2. The summed E-state index contributed by atoms with van der Waals surface area (Å²) in [4.78, 5) is 15.6. The van der Waals surface area contributed by atoms with Gasteiger partial charge in [-0.25, -0.2) is 9.97 Å². The van der Waals surface area contributed by atoms with Crippen molar-refractivity contribution >= 4 is 39.9 Å². The Labute approximate surface area is 242 Å². The second kappa shape index (κ2) is 11.5. The van der Waals surface area contributed by atoms with Crippen LogP contribution in [0.15, 0.2) is 97.5 Å². The van der Waals surface area contributed by atoms with E-state index in [1.165, 1.54) is 26.1 Å². The lowest BCUT2D eigenvalue weighted by Gasteiger charge is -2.23. The minimum atomic E-state index is 0.177. The summed E-state index contributed by atoms with van der Waals surface area (Å²) >= 11 is 0. The fraction of sp³-hybridized carbons (Fsp3) is 0.125.